The Morgan fingerprint density at radius 1 is 1.29 bits per heavy atom. The fraction of sp³-hybridized carbons (Fsp3) is 0.231. The highest BCUT2D eigenvalue weighted by Gasteiger charge is 2.05. The summed E-state index contributed by atoms with van der Waals surface area (Å²) in [6, 6.07) is 10.3. The summed E-state index contributed by atoms with van der Waals surface area (Å²) in [6.07, 6.45) is 2.47. The molecule has 88 valence electrons. The van der Waals surface area contributed by atoms with Crippen molar-refractivity contribution in [3.05, 3.63) is 52.0 Å². The van der Waals surface area contributed by atoms with Crippen molar-refractivity contribution in [3.63, 3.8) is 0 Å². The first-order valence-electron chi connectivity index (χ1n) is 5.40. The maximum absolute atomic E-state index is 10.6. The lowest BCUT2D eigenvalue weighted by atomic mass is 10.2. The normalized spacial score (nSPS) is 10.7. The van der Waals surface area contributed by atoms with Gasteiger partial charge in [-0.2, -0.15) is 0 Å². The van der Waals surface area contributed by atoms with Gasteiger partial charge in [-0.05, 0) is 12.6 Å². The van der Waals surface area contributed by atoms with E-state index in [9.17, 15) is 4.79 Å². The molecular weight excluding hydrogens is 232 g/mol. The van der Waals surface area contributed by atoms with Crippen molar-refractivity contribution in [3.8, 4) is 0 Å². The summed E-state index contributed by atoms with van der Waals surface area (Å²) in [5.74, 6) is 0. The highest BCUT2D eigenvalue weighted by atomic mass is 32.1. The molecule has 2 rings (SSSR count). The Morgan fingerprint density at radius 3 is 2.71 bits per heavy atom. The number of aldehydes is 1. The van der Waals surface area contributed by atoms with Crippen LogP contribution >= 0.6 is 11.3 Å². The molecule has 0 saturated carbocycles. The molecule has 0 N–H and O–H groups in total. The number of aromatic nitrogens is 1. The first kappa shape index (κ1) is 12.0. The molecule has 17 heavy (non-hydrogen) atoms. The monoisotopic (exact) mass is 246 g/mol. The van der Waals surface area contributed by atoms with Gasteiger partial charge in [-0.15, -0.1) is 11.3 Å². The summed E-state index contributed by atoms with van der Waals surface area (Å²) in [5, 5.41) is 0.977. The van der Waals surface area contributed by atoms with Gasteiger partial charge < -0.3 is 0 Å². The van der Waals surface area contributed by atoms with Gasteiger partial charge in [0, 0.05) is 12.7 Å². The van der Waals surface area contributed by atoms with Crippen LogP contribution < -0.4 is 0 Å². The van der Waals surface area contributed by atoms with E-state index in [4.69, 9.17) is 0 Å². The smallest absolute Gasteiger partial charge is 0.161 e. The molecule has 0 aliphatic heterocycles. The summed E-state index contributed by atoms with van der Waals surface area (Å²) in [5.41, 5.74) is 1.28. The molecule has 0 aliphatic carbocycles. The number of hydrogen-bond acceptors (Lipinski definition) is 4. The second-order valence-corrected chi connectivity index (χ2v) is 5.08. The van der Waals surface area contributed by atoms with Gasteiger partial charge in [-0.25, -0.2) is 4.98 Å². The zero-order valence-electron chi connectivity index (χ0n) is 9.67. The lowest BCUT2D eigenvalue weighted by molar-refractivity contribution is 0.112. The molecule has 2 aromatic rings. The molecule has 0 fully saturated rings. The van der Waals surface area contributed by atoms with E-state index in [1.807, 2.05) is 18.2 Å². The Bertz CT molecular complexity index is 481. The van der Waals surface area contributed by atoms with E-state index >= 15 is 0 Å². The first-order chi connectivity index (χ1) is 8.28. The van der Waals surface area contributed by atoms with Crippen molar-refractivity contribution in [2.24, 2.45) is 0 Å². The third kappa shape index (κ3) is 3.47. The van der Waals surface area contributed by atoms with E-state index in [-0.39, 0.29) is 0 Å². The van der Waals surface area contributed by atoms with Gasteiger partial charge in [0.1, 0.15) is 5.01 Å². The van der Waals surface area contributed by atoms with Gasteiger partial charge in [0.15, 0.2) is 6.29 Å². The zero-order valence-corrected chi connectivity index (χ0v) is 10.5. The average molecular weight is 246 g/mol. The van der Waals surface area contributed by atoms with Gasteiger partial charge in [-0.3, -0.25) is 9.69 Å². The topological polar surface area (TPSA) is 33.2 Å². The summed E-state index contributed by atoms with van der Waals surface area (Å²) in [7, 11) is 2.05. The standard InChI is InChI=1S/C13H14N2OS/c1-15(8-11-5-3-2-4-6-11)9-13-14-7-12(10-16)17-13/h2-7,10H,8-9H2,1H3. The highest BCUT2D eigenvalue weighted by Crippen LogP contribution is 2.13. The van der Waals surface area contributed by atoms with Crippen molar-refractivity contribution in [2.45, 2.75) is 13.1 Å². The molecule has 0 unspecified atom stereocenters. The van der Waals surface area contributed by atoms with Crippen molar-refractivity contribution in [1.29, 1.82) is 0 Å². The Kier molecular flexibility index (Phi) is 4.01. The van der Waals surface area contributed by atoms with Crippen LogP contribution in [0, 0.1) is 0 Å². The summed E-state index contributed by atoms with van der Waals surface area (Å²) >= 11 is 1.45. The second-order valence-electron chi connectivity index (χ2n) is 3.93. The van der Waals surface area contributed by atoms with Crippen LogP contribution in [0.2, 0.25) is 0 Å². The number of carbonyl (C=O) groups is 1. The number of hydrogen-bond donors (Lipinski definition) is 0. The fourth-order valence-electron chi connectivity index (χ4n) is 1.63. The van der Waals surface area contributed by atoms with E-state index in [2.05, 4.69) is 29.1 Å². The maximum Gasteiger partial charge on any atom is 0.161 e. The van der Waals surface area contributed by atoms with E-state index < -0.39 is 0 Å². The van der Waals surface area contributed by atoms with Crippen LogP contribution in [0.25, 0.3) is 0 Å². The molecular formula is C13H14N2OS. The van der Waals surface area contributed by atoms with Crippen molar-refractivity contribution < 1.29 is 4.79 Å². The molecule has 0 atom stereocenters. The summed E-state index contributed by atoms with van der Waals surface area (Å²) in [6.45, 7) is 1.66. The third-order valence-corrected chi connectivity index (χ3v) is 3.30. The Labute approximate surface area is 105 Å². The van der Waals surface area contributed by atoms with Gasteiger partial charge in [0.05, 0.1) is 11.4 Å². The quantitative estimate of drug-likeness (QED) is 0.760. The van der Waals surface area contributed by atoms with Crippen LogP contribution in [0.3, 0.4) is 0 Å². The molecule has 0 saturated heterocycles. The lowest BCUT2D eigenvalue weighted by Gasteiger charge is -2.14. The number of benzene rings is 1. The molecule has 0 amide bonds. The van der Waals surface area contributed by atoms with Gasteiger partial charge in [-0.1, -0.05) is 30.3 Å². The molecule has 3 nitrogen and oxygen atoms in total. The Morgan fingerprint density at radius 2 is 2.06 bits per heavy atom. The molecule has 0 bridgehead atoms. The van der Waals surface area contributed by atoms with Gasteiger partial charge in [0.2, 0.25) is 0 Å². The maximum atomic E-state index is 10.6. The Hall–Kier alpha value is -1.52. The first-order valence-corrected chi connectivity index (χ1v) is 6.22. The highest BCUT2D eigenvalue weighted by molar-refractivity contribution is 7.13. The van der Waals surface area contributed by atoms with Crippen LogP contribution in [0.5, 0.6) is 0 Å². The number of thiazole rings is 1. The molecule has 0 radical (unpaired) electrons. The van der Waals surface area contributed by atoms with Crippen LogP contribution in [0.4, 0.5) is 0 Å². The minimum atomic E-state index is 0.688. The van der Waals surface area contributed by atoms with E-state index in [1.165, 1.54) is 16.9 Å². The SMILES string of the molecule is CN(Cc1ccccc1)Cc1ncc(C=O)s1. The molecule has 1 aromatic carbocycles. The van der Waals surface area contributed by atoms with Gasteiger partial charge in [0.25, 0.3) is 0 Å². The number of carbonyl (C=O) groups excluding carboxylic acids is 1. The number of nitrogens with zero attached hydrogens (tertiary/aromatic N) is 2. The van der Waals surface area contributed by atoms with Crippen LogP contribution in [-0.4, -0.2) is 23.2 Å². The van der Waals surface area contributed by atoms with Crippen LogP contribution in [0.1, 0.15) is 20.2 Å². The molecule has 1 aromatic heterocycles. The summed E-state index contributed by atoms with van der Waals surface area (Å²) < 4.78 is 0. The Balaban J connectivity index is 1.93. The minimum Gasteiger partial charge on any atom is -0.297 e. The van der Waals surface area contributed by atoms with Crippen molar-refractivity contribution in [2.75, 3.05) is 7.05 Å². The van der Waals surface area contributed by atoms with E-state index in [0.717, 1.165) is 24.4 Å². The van der Waals surface area contributed by atoms with E-state index in [0.29, 0.717) is 4.88 Å². The summed E-state index contributed by atoms with van der Waals surface area (Å²) in [4.78, 5) is 17.6. The van der Waals surface area contributed by atoms with Crippen molar-refractivity contribution in [1.82, 2.24) is 9.88 Å². The molecule has 0 aliphatic rings. The van der Waals surface area contributed by atoms with Crippen LogP contribution in [0.15, 0.2) is 36.5 Å². The predicted molar refractivity (Wildman–Crippen MR) is 69.1 cm³/mol. The molecule has 1 heterocycles. The van der Waals surface area contributed by atoms with Crippen LogP contribution in [-0.2, 0) is 13.1 Å². The second kappa shape index (κ2) is 5.70. The minimum absolute atomic E-state index is 0.688. The van der Waals surface area contributed by atoms with Gasteiger partial charge >= 0.3 is 0 Å². The predicted octanol–water partition coefficient (Wildman–Crippen LogP) is 2.59. The fourth-order valence-corrected chi connectivity index (χ4v) is 2.45. The van der Waals surface area contributed by atoms with Crippen molar-refractivity contribution >= 4 is 17.6 Å². The van der Waals surface area contributed by atoms with E-state index in [1.54, 1.807) is 6.20 Å². The molecule has 0 spiro atoms. The lowest BCUT2D eigenvalue weighted by Crippen LogP contribution is -2.16. The average Bonchev–Trinajstić information content (AvgIpc) is 2.78. The largest absolute Gasteiger partial charge is 0.297 e. The molecule has 4 heteroatoms. The number of rotatable bonds is 5. The zero-order chi connectivity index (χ0) is 12.1. The third-order valence-electron chi connectivity index (χ3n) is 2.39.